The Labute approximate surface area is 129 Å². The average Bonchev–Trinajstić information content (AvgIpc) is 2.75. The minimum atomic E-state index is -3.55. The number of cyclic esters (lactones) is 1. The molecule has 6 nitrogen and oxygen atoms in total. The topological polar surface area (TPSA) is 86.7 Å². The number of hydrogen-bond acceptors (Lipinski definition) is 6. The average molecular weight is 326 g/mol. The number of hydrogen-bond donors (Lipinski definition) is 0. The molecule has 2 atom stereocenters. The van der Waals surface area contributed by atoms with Crippen LogP contribution in [0.15, 0.2) is 29.2 Å². The molecule has 120 valence electrons. The number of sulfone groups is 1. The Morgan fingerprint density at radius 3 is 2.50 bits per heavy atom. The van der Waals surface area contributed by atoms with Gasteiger partial charge in [0.15, 0.2) is 9.84 Å². The van der Waals surface area contributed by atoms with E-state index in [-0.39, 0.29) is 23.2 Å². The number of ether oxygens (including phenoxy) is 2. The third-order valence-electron chi connectivity index (χ3n) is 3.35. The van der Waals surface area contributed by atoms with Crippen LogP contribution in [0.2, 0.25) is 0 Å². The molecule has 22 heavy (non-hydrogen) atoms. The van der Waals surface area contributed by atoms with Gasteiger partial charge in [-0.1, -0.05) is 17.7 Å². The third-order valence-corrected chi connectivity index (χ3v) is 5.09. The fourth-order valence-corrected chi connectivity index (χ4v) is 3.34. The number of aryl methyl sites for hydroxylation is 1. The Balaban J connectivity index is 1.90. The maximum atomic E-state index is 12.1. The van der Waals surface area contributed by atoms with Crippen LogP contribution in [0.3, 0.4) is 0 Å². The van der Waals surface area contributed by atoms with Gasteiger partial charge in [0.25, 0.3) is 0 Å². The van der Waals surface area contributed by atoms with Crippen molar-refractivity contribution in [1.29, 1.82) is 0 Å². The van der Waals surface area contributed by atoms with Crippen LogP contribution in [0.25, 0.3) is 0 Å². The summed E-state index contributed by atoms with van der Waals surface area (Å²) in [7, 11) is -3.55. The molecule has 1 aromatic rings. The number of carbonyl (C=O) groups is 2. The van der Waals surface area contributed by atoms with Crippen LogP contribution >= 0.6 is 0 Å². The highest BCUT2D eigenvalue weighted by molar-refractivity contribution is 7.91. The first-order valence-corrected chi connectivity index (χ1v) is 8.62. The summed E-state index contributed by atoms with van der Waals surface area (Å²) >= 11 is 0. The third kappa shape index (κ3) is 4.07. The van der Waals surface area contributed by atoms with Gasteiger partial charge in [-0.05, 0) is 26.0 Å². The fourth-order valence-electron chi connectivity index (χ4n) is 2.11. The van der Waals surface area contributed by atoms with Crippen LogP contribution in [0.1, 0.15) is 25.3 Å². The highest BCUT2D eigenvalue weighted by Gasteiger charge is 2.35. The van der Waals surface area contributed by atoms with E-state index >= 15 is 0 Å². The standard InChI is InChI=1S/C15H18O6S/c1-10-3-5-12(6-4-10)22(18,19)8-7-14(16)21-13-9-11(2)20-15(13)17/h3-6,11,13H,7-9H2,1-2H3/t11-,13-/m0/s1. The van der Waals surface area contributed by atoms with E-state index in [1.54, 1.807) is 19.1 Å². The molecule has 1 aliphatic heterocycles. The van der Waals surface area contributed by atoms with Gasteiger partial charge in [-0.2, -0.15) is 0 Å². The molecular formula is C15H18O6S. The smallest absolute Gasteiger partial charge is 0.347 e. The summed E-state index contributed by atoms with van der Waals surface area (Å²) in [6, 6.07) is 6.40. The van der Waals surface area contributed by atoms with Crippen molar-refractivity contribution in [3.05, 3.63) is 29.8 Å². The lowest BCUT2D eigenvalue weighted by molar-refractivity contribution is -0.160. The molecule has 0 amide bonds. The van der Waals surface area contributed by atoms with Gasteiger partial charge >= 0.3 is 11.9 Å². The van der Waals surface area contributed by atoms with Crippen LogP contribution in [-0.2, 0) is 28.9 Å². The Bertz CT molecular complexity index is 662. The molecule has 0 saturated carbocycles. The minimum Gasteiger partial charge on any atom is -0.460 e. The Kier molecular flexibility index (Phi) is 4.85. The molecule has 0 unspecified atom stereocenters. The molecule has 0 N–H and O–H groups in total. The highest BCUT2D eigenvalue weighted by atomic mass is 32.2. The summed E-state index contributed by atoms with van der Waals surface area (Å²) in [5, 5.41) is 0. The van der Waals surface area contributed by atoms with E-state index in [0.717, 1.165) is 5.56 Å². The first-order valence-electron chi connectivity index (χ1n) is 6.97. The van der Waals surface area contributed by atoms with Crippen molar-refractivity contribution < 1.29 is 27.5 Å². The molecule has 7 heteroatoms. The van der Waals surface area contributed by atoms with Gasteiger partial charge in [-0.25, -0.2) is 13.2 Å². The van der Waals surface area contributed by atoms with Crippen molar-refractivity contribution in [3.63, 3.8) is 0 Å². The summed E-state index contributed by atoms with van der Waals surface area (Å²) in [6.45, 7) is 3.56. The first kappa shape index (κ1) is 16.5. The quantitative estimate of drug-likeness (QED) is 0.760. The lowest BCUT2D eigenvalue weighted by Crippen LogP contribution is -2.24. The van der Waals surface area contributed by atoms with E-state index in [0.29, 0.717) is 6.42 Å². The zero-order valence-corrected chi connectivity index (χ0v) is 13.3. The Morgan fingerprint density at radius 2 is 1.95 bits per heavy atom. The maximum absolute atomic E-state index is 12.1. The van der Waals surface area contributed by atoms with Crippen molar-refractivity contribution in [2.45, 2.75) is 43.8 Å². The largest absolute Gasteiger partial charge is 0.460 e. The second kappa shape index (κ2) is 6.48. The molecule has 1 aromatic carbocycles. The van der Waals surface area contributed by atoms with Crippen molar-refractivity contribution in [1.82, 2.24) is 0 Å². The molecule has 1 aliphatic rings. The van der Waals surface area contributed by atoms with E-state index in [1.165, 1.54) is 12.1 Å². The molecule has 0 bridgehead atoms. The second-order valence-electron chi connectivity index (χ2n) is 5.34. The summed E-state index contributed by atoms with van der Waals surface area (Å²) in [5.74, 6) is -1.65. The minimum absolute atomic E-state index is 0.166. The van der Waals surface area contributed by atoms with E-state index in [9.17, 15) is 18.0 Å². The van der Waals surface area contributed by atoms with E-state index in [4.69, 9.17) is 9.47 Å². The van der Waals surface area contributed by atoms with Crippen LogP contribution < -0.4 is 0 Å². The summed E-state index contributed by atoms with van der Waals surface area (Å²) in [5.41, 5.74) is 0.951. The monoisotopic (exact) mass is 326 g/mol. The lowest BCUT2D eigenvalue weighted by atomic mass is 10.2. The molecule has 1 fully saturated rings. The van der Waals surface area contributed by atoms with Gasteiger partial charge in [0, 0.05) is 6.42 Å². The van der Waals surface area contributed by atoms with E-state index in [1.807, 2.05) is 6.92 Å². The van der Waals surface area contributed by atoms with Crippen LogP contribution in [0, 0.1) is 6.92 Å². The second-order valence-corrected chi connectivity index (χ2v) is 7.45. The predicted octanol–water partition coefficient (Wildman–Crippen LogP) is 1.41. The van der Waals surface area contributed by atoms with Gasteiger partial charge < -0.3 is 9.47 Å². The number of rotatable bonds is 5. The Hall–Kier alpha value is -1.89. The van der Waals surface area contributed by atoms with Crippen molar-refractivity contribution in [3.8, 4) is 0 Å². The van der Waals surface area contributed by atoms with Gasteiger partial charge in [0.1, 0.15) is 6.10 Å². The summed E-state index contributed by atoms with van der Waals surface area (Å²) < 4.78 is 34.0. The summed E-state index contributed by atoms with van der Waals surface area (Å²) in [6.07, 6.45) is -1.21. The van der Waals surface area contributed by atoms with Crippen molar-refractivity contribution in [2.75, 3.05) is 5.75 Å². The van der Waals surface area contributed by atoms with Crippen LogP contribution in [0.4, 0.5) is 0 Å². The predicted molar refractivity (Wildman–Crippen MR) is 77.9 cm³/mol. The first-order chi connectivity index (χ1) is 10.3. The SMILES string of the molecule is Cc1ccc(S(=O)(=O)CCC(=O)O[C@H]2C[C@H](C)OC2=O)cc1. The van der Waals surface area contributed by atoms with Crippen molar-refractivity contribution >= 4 is 21.8 Å². The number of benzene rings is 1. The summed E-state index contributed by atoms with van der Waals surface area (Å²) in [4.78, 5) is 23.2. The molecule has 1 saturated heterocycles. The lowest BCUT2D eigenvalue weighted by Gasteiger charge is -2.09. The van der Waals surface area contributed by atoms with E-state index in [2.05, 4.69) is 0 Å². The number of carbonyl (C=O) groups excluding carboxylic acids is 2. The van der Waals surface area contributed by atoms with E-state index < -0.39 is 27.9 Å². The molecule has 2 rings (SSSR count). The molecule has 1 heterocycles. The van der Waals surface area contributed by atoms with Gasteiger partial charge in [-0.3, -0.25) is 4.79 Å². The van der Waals surface area contributed by atoms with Gasteiger partial charge in [0.05, 0.1) is 17.1 Å². The molecule has 0 aromatic heterocycles. The highest BCUT2D eigenvalue weighted by Crippen LogP contribution is 2.18. The maximum Gasteiger partial charge on any atom is 0.347 e. The normalized spacial score (nSPS) is 21.5. The van der Waals surface area contributed by atoms with Gasteiger partial charge in [0.2, 0.25) is 6.10 Å². The van der Waals surface area contributed by atoms with Crippen LogP contribution in [-0.4, -0.2) is 38.3 Å². The fraction of sp³-hybridized carbons (Fsp3) is 0.467. The van der Waals surface area contributed by atoms with Crippen LogP contribution in [0.5, 0.6) is 0 Å². The Morgan fingerprint density at radius 1 is 1.32 bits per heavy atom. The molecule has 0 radical (unpaired) electrons. The zero-order chi connectivity index (χ0) is 16.3. The zero-order valence-electron chi connectivity index (χ0n) is 12.4. The number of esters is 2. The van der Waals surface area contributed by atoms with Gasteiger partial charge in [-0.15, -0.1) is 0 Å². The molecular weight excluding hydrogens is 308 g/mol. The van der Waals surface area contributed by atoms with Crippen molar-refractivity contribution in [2.24, 2.45) is 0 Å². The molecule has 0 aliphatic carbocycles. The molecule has 0 spiro atoms.